The minimum Gasteiger partial charge on any atom is -0.480 e. The molecule has 1 saturated carbocycles. The van der Waals surface area contributed by atoms with Crippen molar-refractivity contribution in [2.24, 2.45) is 35.5 Å². The monoisotopic (exact) mass is 693 g/mol. The van der Waals surface area contributed by atoms with E-state index in [0.717, 1.165) is 26.1 Å². The van der Waals surface area contributed by atoms with Crippen LogP contribution in [0.2, 0.25) is 5.02 Å². The van der Waals surface area contributed by atoms with Crippen molar-refractivity contribution in [2.75, 3.05) is 59.2 Å². The second kappa shape index (κ2) is 14.5. The van der Waals surface area contributed by atoms with Crippen molar-refractivity contribution in [3.8, 4) is 0 Å². The van der Waals surface area contributed by atoms with E-state index >= 15 is 0 Å². The number of nitrogens with one attached hydrogen (secondary N) is 1. The number of esters is 1. The number of methoxy groups -OCH3 is 2. The van der Waals surface area contributed by atoms with Crippen molar-refractivity contribution in [3.05, 3.63) is 40.4 Å². The topological polar surface area (TPSA) is 150 Å². The molecule has 11 atom stereocenters. The molecule has 0 spiro atoms. The quantitative estimate of drug-likeness (QED) is 0.188. The summed E-state index contributed by atoms with van der Waals surface area (Å²) in [5.41, 5.74) is -2.03. The van der Waals surface area contributed by atoms with Crippen LogP contribution in [0.4, 0.5) is 5.69 Å². The number of hydroxylamine groups is 1. The Morgan fingerprint density at radius 2 is 1.83 bits per heavy atom. The lowest BCUT2D eigenvalue weighted by molar-refractivity contribution is -0.227. The lowest BCUT2D eigenvalue weighted by atomic mass is 9.49. The third-order valence-corrected chi connectivity index (χ3v) is 11.8. The lowest BCUT2D eigenvalue weighted by Crippen LogP contribution is -2.67. The third kappa shape index (κ3) is 6.28. The Morgan fingerprint density at radius 1 is 1.17 bits per heavy atom. The van der Waals surface area contributed by atoms with Gasteiger partial charge in [0.05, 0.1) is 29.5 Å². The number of ether oxygens (including phenoxy) is 3. The predicted octanol–water partition coefficient (Wildman–Crippen LogP) is 3.04. The summed E-state index contributed by atoms with van der Waals surface area (Å²) in [7, 11) is 5.00. The first-order valence-corrected chi connectivity index (χ1v) is 17.3. The van der Waals surface area contributed by atoms with Gasteiger partial charge in [0.2, 0.25) is 0 Å². The van der Waals surface area contributed by atoms with Crippen molar-refractivity contribution < 1.29 is 44.0 Å². The van der Waals surface area contributed by atoms with Crippen LogP contribution in [0, 0.1) is 35.5 Å². The van der Waals surface area contributed by atoms with E-state index in [9.17, 15) is 24.9 Å². The van der Waals surface area contributed by atoms with Gasteiger partial charge in [-0.1, -0.05) is 43.7 Å². The molecule has 2 aliphatic carbocycles. The molecular weight excluding hydrogens is 642 g/mol. The molecule has 0 amide bonds. The SMILES string of the molecule is COCCN(CCOC)CC(C)[C@@H]1CC[C@@H](C)[C@]2(O)C([C@H]3[C@@H](C(=O)O)N[C@@H]4ON(C)c5c(Cl)cccc5[C@@]43O)[C@@H](OC(C)=O)C(C)=C[C@H]12. The van der Waals surface area contributed by atoms with Crippen LogP contribution in [0.1, 0.15) is 46.1 Å². The Balaban J connectivity index is 1.66. The maximum Gasteiger partial charge on any atom is 0.321 e. The van der Waals surface area contributed by atoms with Gasteiger partial charge in [-0.3, -0.25) is 29.7 Å². The highest BCUT2D eigenvalue weighted by Crippen LogP contribution is 2.61. The van der Waals surface area contributed by atoms with Crippen LogP contribution in [-0.4, -0.2) is 110 Å². The highest BCUT2D eigenvalue weighted by Gasteiger charge is 2.71. The summed E-state index contributed by atoms with van der Waals surface area (Å²) in [5.74, 6) is -4.60. The maximum absolute atomic E-state index is 13.4. The molecule has 0 aromatic heterocycles. The van der Waals surface area contributed by atoms with E-state index in [0.29, 0.717) is 41.5 Å². The molecule has 1 saturated heterocycles. The zero-order chi connectivity index (χ0) is 35.1. The van der Waals surface area contributed by atoms with E-state index in [2.05, 4.69) is 17.1 Å². The molecule has 13 heteroatoms. The summed E-state index contributed by atoms with van der Waals surface area (Å²) in [6.45, 7) is 10.7. The number of fused-ring (bicyclic) bond motifs is 4. The Kier molecular flexibility index (Phi) is 11.2. The number of aliphatic carboxylic acids is 1. The van der Waals surface area contributed by atoms with Gasteiger partial charge in [-0.25, -0.2) is 0 Å². The van der Waals surface area contributed by atoms with Crippen molar-refractivity contribution in [1.29, 1.82) is 0 Å². The van der Waals surface area contributed by atoms with Gasteiger partial charge in [-0.05, 0) is 49.2 Å². The number of carboxylic acid groups (broad SMARTS) is 1. The molecule has 4 aliphatic rings. The fourth-order valence-electron chi connectivity index (χ4n) is 9.30. The normalized spacial score (nSPS) is 36.6. The second-order valence-electron chi connectivity index (χ2n) is 14.2. The zero-order valence-corrected chi connectivity index (χ0v) is 29.8. The van der Waals surface area contributed by atoms with Crippen LogP contribution in [-0.2, 0) is 34.2 Å². The number of carbonyl (C=O) groups excluding carboxylic acids is 1. The number of halogens is 1. The zero-order valence-electron chi connectivity index (χ0n) is 29.0. The van der Waals surface area contributed by atoms with Crippen molar-refractivity contribution in [2.45, 2.75) is 70.1 Å². The number of carboxylic acids is 1. The molecule has 2 heterocycles. The first-order chi connectivity index (χ1) is 22.7. The molecule has 268 valence electrons. The smallest absolute Gasteiger partial charge is 0.321 e. The highest BCUT2D eigenvalue weighted by atomic mass is 35.5. The van der Waals surface area contributed by atoms with Gasteiger partial charge in [0.25, 0.3) is 0 Å². The van der Waals surface area contributed by atoms with Gasteiger partial charge in [0.1, 0.15) is 17.7 Å². The van der Waals surface area contributed by atoms with Crippen molar-refractivity contribution >= 4 is 29.2 Å². The van der Waals surface area contributed by atoms with Crippen LogP contribution in [0.25, 0.3) is 0 Å². The Bertz CT molecular complexity index is 1370. The average molecular weight is 694 g/mol. The number of hydrogen-bond donors (Lipinski definition) is 4. The largest absolute Gasteiger partial charge is 0.480 e. The summed E-state index contributed by atoms with van der Waals surface area (Å²) < 4.78 is 16.8. The minimum absolute atomic E-state index is 0.00747. The molecule has 2 aliphatic heterocycles. The fraction of sp³-hybridized carbons (Fsp3) is 0.714. The molecule has 12 nitrogen and oxygen atoms in total. The molecule has 48 heavy (non-hydrogen) atoms. The third-order valence-electron chi connectivity index (χ3n) is 11.5. The standard InChI is InChI=1S/C35H52ClN3O9/c1-19-17-25-23(20(2)18-39(13-15-45-6)14-16-46-7)12-11-21(3)34(25,43)28(31(19)47-22(4)40)27-29(32(41)42)37-33-35(27,44)24-9-8-10-26(36)30(24)38(5)48-33/h8-10,17,20-21,23,25,27-29,31,33,37,43-44H,11-16,18H2,1-7H3,(H,41,42)/t20?,21-,23+,25-,27+,28?,29+,31+,33-,34-,35+/m1/s1. The second-order valence-corrected chi connectivity index (χ2v) is 14.6. The molecule has 5 rings (SSSR count). The Hall–Kier alpha value is -2.29. The number of aliphatic hydroxyl groups is 2. The van der Waals surface area contributed by atoms with Crippen LogP contribution in [0.15, 0.2) is 29.8 Å². The van der Waals surface area contributed by atoms with Gasteiger partial charge in [-0.15, -0.1) is 0 Å². The minimum atomic E-state index is -1.97. The fourth-order valence-corrected chi connectivity index (χ4v) is 9.60. The Labute approximate surface area is 288 Å². The van der Waals surface area contributed by atoms with Crippen LogP contribution in [0.3, 0.4) is 0 Å². The molecule has 1 aromatic carbocycles. The molecule has 2 fully saturated rings. The van der Waals surface area contributed by atoms with Crippen LogP contribution < -0.4 is 10.4 Å². The van der Waals surface area contributed by atoms with Crippen molar-refractivity contribution in [1.82, 2.24) is 10.2 Å². The summed E-state index contributed by atoms with van der Waals surface area (Å²) in [6.07, 6.45) is 1.35. The predicted molar refractivity (Wildman–Crippen MR) is 179 cm³/mol. The van der Waals surface area contributed by atoms with E-state index in [-0.39, 0.29) is 17.8 Å². The van der Waals surface area contributed by atoms with Gasteiger partial charge in [-0.2, -0.15) is 0 Å². The number of nitrogens with zero attached hydrogens (tertiary/aromatic N) is 2. The summed E-state index contributed by atoms with van der Waals surface area (Å²) in [5, 5.41) is 41.8. The molecule has 4 N–H and O–H groups in total. The van der Waals surface area contributed by atoms with Crippen molar-refractivity contribution in [3.63, 3.8) is 0 Å². The van der Waals surface area contributed by atoms with Gasteiger partial charge < -0.3 is 29.5 Å². The van der Waals surface area contributed by atoms with E-state index in [4.69, 9.17) is 30.6 Å². The maximum atomic E-state index is 13.4. The van der Waals surface area contributed by atoms with Gasteiger partial charge >= 0.3 is 11.9 Å². The highest BCUT2D eigenvalue weighted by molar-refractivity contribution is 6.33. The molecular formula is C35H52ClN3O9. The number of carbonyl (C=O) groups is 2. The average Bonchev–Trinajstić information content (AvgIpc) is 3.32. The molecule has 0 radical (unpaired) electrons. The molecule has 1 aromatic rings. The number of hydrogen-bond acceptors (Lipinski definition) is 11. The number of rotatable bonds is 12. The first kappa shape index (κ1) is 37.0. The first-order valence-electron chi connectivity index (χ1n) is 16.9. The Morgan fingerprint density at radius 3 is 2.44 bits per heavy atom. The lowest BCUT2D eigenvalue weighted by Gasteiger charge is -2.60. The van der Waals surface area contributed by atoms with E-state index in [1.807, 2.05) is 19.9 Å². The number of para-hydroxylation sites is 1. The van der Waals surface area contributed by atoms with Crippen LogP contribution >= 0.6 is 11.6 Å². The van der Waals surface area contributed by atoms with Gasteiger partial charge in [0.15, 0.2) is 6.23 Å². The van der Waals surface area contributed by atoms with Gasteiger partial charge in [0, 0.05) is 71.1 Å². The number of benzene rings is 1. The van der Waals surface area contributed by atoms with E-state index in [1.165, 1.54) is 12.0 Å². The van der Waals surface area contributed by atoms with E-state index < -0.39 is 59.3 Å². The van der Waals surface area contributed by atoms with E-state index in [1.54, 1.807) is 39.5 Å². The summed E-state index contributed by atoms with van der Waals surface area (Å²) >= 11 is 6.65. The molecule has 2 unspecified atom stereocenters. The number of anilines is 1. The summed E-state index contributed by atoms with van der Waals surface area (Å²) in [6, 6.07) is 3.73. The summed E-state index contributed by atoms with van der Waals surface area (Å²) in [4.78, 5) is 34.2. The molecule has 0 bridgehead atoms. The van der Waals surface area contributed by atoms with Crippen LogP contribution in [0.5, 0.6) is 0 Å².